The monoisotopic (exact) mass is 369 g/mol. The Kier molecular flexibility index (Phi) is 3.75. The van der Waals surface area contributed by atoms with Crippen LogP contribution in [0.4, 0.5) is 0 Å². The summed E-state index contributed by atoms with van der Waals surface area (Å²) in [6.45, 7) is -0.444. The Morgan fingerprint density at radius 2 is 2.23 bits per heavy atom. The number of rotatable bonds is 2. The van der Waals surface area contributed by atoms with Gasteiger partial charge in [0.1, 0.15) is 41.0 Å². The van der Waals surface area contributed by atoms with E-state index >= 15 is 0 Å². The number of hydrogen-bond acceptors (Lipinski definition) is 7. The molecule has 0 unspecified atom stereocenters. The Morgan fingerprint density at radius 3 is 2.82 bits per heavy atom. The SMILES string of the molecule is N#Cc1c(Br)[nH]c2c1c(=N)ncn2[C@H]1O[C@@H](CO)[C@@H](O)[C@@H]1O. The predicted molar refractivity (Wildman–Crippen MR) is 75.4 cm³/mol. The zero-order valence-electron chi connectivity index (χ0n) is 11.1. The van der Waals surface area contributed by atoms with Gasteiger partial charge in [-0.15, -0.1) is 0 Å². The van der Waals surface area contributed by atoms with Crippen molar-refractivity contribution in [2.24, 2.45) is 0 Å². The zero-order chi connectivity index (χ0) is 16.0. The summed E-state index contributed by atoms with van der Waals surface area (Å²) in [5.41, 5.74) is 0.461. The van der Waals surface area contributed by atoms with Gasteiger partial charge in [0.2, 0.25) is 0 Å². The normalized spacial score (nSPS) is 28.1. The second kappa shape index (κ2) is 5.45. The zero-order valence-corrected chi connectivity index (χ0v) is 12.6. The number of fused-ring (bicyclic) bond motifs is 1. The first-order valence-corrected chi connectivity index (χ1v) is 7.14. The standard InChI is InChI=1S/C12H12BrN5O4/c13-9-4(1-14)6-10(15)16-3-18(11(6)17-9)12-8(21)7(20)5(2-19)22-12/h3,5,7-8,12,15,17,19-21H,2H2/t5-,7+,8-,12-/m0/s1. The van der Waals surface area contributed by atoms with Gasteiger partial charge in [0.05, 0.1) is 17.6 Å². The molecular weight excluding hydrogens is 358 g/mol. The van der Waals surface area contributed by atoms with Gasteiger partial charge in [-0.2, -0.15) is 5.26 Å². The van der Waals surface area contributed by atoms with Crippen LogP contribution in [0.2, 0.25) is 0 Å². The summed E-state index contributed by atoms with van der Waals surface area (Å²) in [4.78, 5) is 6.78. The van der Waals surface area contributed by atoms with E-state index in [0.717, 1.165) is 0 Å². The second-order valence-corrected chi connectivity index (χ2v) is 5.67. The lowest BCUT2D eigenvalue weighted by molar-refractivity contribution is -0.0515. The summed E-state index contributed by atoms with van der Waals surface area (Å²) in [5, 5.41) is 46.4. The number of hydrogen-bond donors (Lipinski definition) is 5. The Hall–Kier alpha value is -1.77. The molecule has 0 spiro atoms. The summed E-state index contributed by atoms with van der Waals surface area (Å²) in [5.74, 6) is 0. The minimum atomic E-state index is -1.28. The molecule has 9 nitrogen and oxygen atoms in total. The number of aliphatic hydroxyl groups excluding tert-OH is 3. The lowest BCUT2D eigenvalue weighted by atomic mass is 10.1. The summed E-state index contributed by atoms with van der Waals surface area (Å²) in [6.07, 6.45) is -3.18. The Morgan fingerprint density at radius 1 is 1.50 bits per heavy atom. The van der Waals surface area contributed by atoms with Gasteiger partial charge >= 0.3 is 0 Å². The van der Waals surface area contributed by atoms with E-state index in [0.29, 0.717) is 10.3 Å². The molecule has 3 rings (SSSR count). The first kappa shape index (κ1) is 15.1. The Balaban J connectivity index is 2.20. The van der Waals surface area contributed by atoms with Crippen LogP contribution >= 0.6 is 15.9 Å². The average molecular weight is 370 g/mol. The van der Waals surface area contributed by atoms with Gasteiger partial charge in [-0.25, -0.2) is 4.98 Å². The fraction of sp³-hybridized carbons (Fsp3) is 0.417. The van der Waals surface area contributed by atoms with E-state index in [1.165, 1.54) is 10.9 Å². The minimum Gasteiger partial charge on any atom is -0.394 e. The number of halogens is 1. The van der Waals surface area contributed by atoms with Crippen molar-refractivity contribution in [3.05, 3.63) is 22.0 Å². The number of aliphatic hydroxyl groups is 3. The maximum Gasteiger partial charge on any atom is 0.165 e. The highest BCUT2D eigenvalue weighted by molar-refractivity contribution is 9.10. The minimum absolute atomic E-state index is 0.100. The number of aromatic nitrogens is 3. The van der Waals surface area contributed by atoms with Gasteiger partial charge in [0.25, 0.3) is 0 Å². The number of ether oxygens (including phenoxy) is 1. The lowest BCUT2D eigenvalue weighted by Crippen LogP contribution is -2.33. The van der Waals surface area contributed by atoms with Gasteiger partial charge < -0.3 is 25.0 Å². The topological polar surface area (TPSA) is 151 Å². The molecule has 0 bridgehead atoms. The van der Waals surface area contributed by atoms with Crippen LogP contribution in [0.5, 0.6) is 0 Å². The van der Waals surface area contributed by atoms with E-state index in [2.05, 4.69) is 25.9 Å². The number of H-pyrrole nitrogens is 1. The van der Waals surface area contributed by atoms with Crippen molar-refractivity contribution in [2.75, 3.05) is 6.61 Å². The van der Waals surface area contributed by atoms with Crippen molar-refractivity contribution in [1.82, 2.24) is 14.5 Å². The third kappa shape index (κ3) is 2.06. The highest BCUT2D eigenvalue weighted by Gasteiger charge is 2.43. The average Bonchev–Trinajstić information content (AvgIpc) is 2.98. The van der Waals surface area contributed by atoms with Gasteiger partial charge in [-0.3, -0.25) is 9.98 Å². The fourth-order valence-corrected chi connectivity index (χ4v) is 3.01. The van der Waals surface area contributed by atoms with Gasteiger partial charge in [-0.1, -0.05) is 0 Å². The predicted octanol–water partition coefficient (Wildman–Crippen LogP) is -0.910. The molecule has 1 fully saturated rings. The van der Waals surface area contributed by atoms with Gasteiger partial charge in [0.15, 0.2) is 11.7 Å². The quantitative estimate of drug-likeness (QED) is 0.462. The third-order valence-electron chi connectivity index (χ3n) is 3.64. The largest absolute Gasteiger partial charge is 0.394 e. The number of nitrogens with zero attached hydrogens (tertiary/aromatic N) is 3. The molecule has 116 valence electrons. The van der Waals surface area contributed by atoms with E-state index in [9.17, 15) is 15.5 Å². The van der Waals surface area contributed by atoms with Gasteiger partial charge in [-0.05, 0) is 15.9 Å². The van der Waals surface area contributed by atoms with Crippen LogP contribution in [0.15, 0.2) is 10.9 Å². The Labute approximate surface area is 132 Å². The molecule has 0 aliphatic carbocycles. The lowest BCUT2D eigenvalue weighted by Gasteiger charge is -2.18. The Bertz CT molecular complexity index is 825. The van der Waals surface area contributed by atoms with E-state index in [1.807, 2.05) is 6.07 Å². The van der Waals surface area contributed by atoms with Crippen LogP contribution < -0.4 is 5.49 Å². The molecule has 0 saturated carbocycles. The van der Waals surface area contributed by atoms with Crippen molar-refractivity contribution in [1.29, 1.82) is 10.7 Å². The molecule has 5 N–H and O–H groups in total. The molecule has 1 aliphatic rings. The molecule has 0 amide bonds. The molecule has 0 aromatic carbocycles. The third-order valence-corrected chi connectivity index (χ3v) is 4.24. The molecule has 0 radical (unpaired) electrons. The number of nitrogens with one attached hydrogen (secondary N) is 2. The second-order valence-electron chi connectivity index (χ2n) is 4.88. The molecule has 2 aromatic rings. The summed E-state index contributed by atoms with van der Waals surface area (Å²) in [7, 11) is 0. The maximum atomic E-state index is 10.1. The van der Waals surface area contributed by atoms with Crippen molar-refractivity contribution in [3.8, 4) is 6.07 Å². The maximum absolute atomic E-state index is 10.1. The summed E-state index contributed by atoms with van der Waals surface area (Å²) >= 11 is 3.20. The van der Waals surface area contributed by atoms with Crippen LogP contribution in [-0.2, 0) is 4.74 Å². The highest BCUT2D eigenvalue weighted by atomic mass is 79.9. The molecule has 1 aliphatic heterocycles. The van der Waals surface area contributed by atoms with Crippen molar-refractivity contribution >= 4 is 27.0 Å². The number of nitriles is 1. The number of aromatic amines is 1. The molecule has 4 atom stereocenters. The van der Waals surface area contributed by atoms with Crippen molar-refractivity contribution in [3.63, 3.8) is 0 Å². The molecular formula is C12H12BrN5O4. The smallest absolute Gasteiger partial charge is 0.165 e. The van der Waals surface area contributed by atoms with E-state index in [-0.39, 0.29) is 16.4 Å². The van der Waals surface area contributed by atoms with Crippen LogP contribution in [0.3, 0.4) is 0 Å². The molecule has 1 saturated heterocycles. The first-order chi connectivity index (χ1) is 10.5. The van der Waals surface area contributed by atoms with Crippen molar-refractivity contribution in [2.45, 2.75) is 24.5 Å². The van der Waals surface area contributed by atoms with Crippen LogP contribution in [-0.4, -0.2) is 54.8 Å². The van der Waals surface area contributed by atoms with E-state index in [1.54, 1.807) is 0 Å². The summed E-state index contributed by atoms with van der Waals surface area (Å²) < 4.78 is 7.22. The van der Waals surface area contributed by atoms with Crippen LogP contribution in [0.25, 0.3) is 11.0 Å². The van der Waals surface area contributed by atoms with Crippen LogP contribution in [0.1, 0.15) is 11.8 Å². The van der Waals surface area contributed by atoms with Gasteiger partial charge in [0, 0.05) is 0 Å². The molecule has 3 heterocycles. The van der Waals surface area contributed by atoms with Crippen molar-refractivity contribution < 1.29 is 20.1 Å². The fourth-order valence-electron chi connectivity index (χ4n) is 2.53. The highest BCUT2D eigenvalue weighted by Crippen LogP contribution is 2.32. The summed E-state index contributed by atoms with van der Waals surface area (Å²) in [6, 6.07) is 1.97. The van der Waals surface area contributed by atoms with E-state index in [4.69, 9.17) is 15.3 Å². The first-order valence-electron chi connectivity index (χ1n) is 6.35. The van der Waals surface area contributed by atoms with E-state index < -0.39 is 31.1 Å². The molecule has 2 aromatic heterocycles. The van der Waals surface area contributed by atoms with Crippen LogP contribution in [0, 0.1) is 16.7 Å². The molecule has 22 heavy (non-hydrogen) atoms. The molecule has 10 heteroatoms.